The minimum absolute atomic E-state index is 0.0612. The lowest BCUT2D eigenvalue weighted by atomic mass is 10.1. The van der Waals surface area contributed by atoms with Crippen molar-refractivity contribution < 1.29 is 26.7 Å². The molecule has 2 aromatic carbocycles. The molecule has 0 spiro atoms. The number of fused-ring (bicyclic) bond motifs is 1. The Labute approximate surface area is 182 Å². The standard InChI is InChI=1S/C22H15F5N4O2/c1-12-20-17(22(25,26)27)10-19(33)30(11-18(32)28-15-6-2-4-13(23)8-15)21(20)31(29-12)16-7-3-5-14(24)9-16/h2-10H,11H2,1H3,(H,28,32). The molecule has 2 heterocycles. The third-order valence-electron chi connectivity index (χ3n) is 4.86. The van der Waals surface area contributed by atoms with E-state index < -0.39 is 46.8 Å². The minimum Gasteiger partial charge on any atom is -0.324 e. The van der Waals surface area contributed by atoms with Gasteiger partial charge in [-0.15, -0.1) is 0 Å². The quantitative estimate of drug-likeness (QED) is 0.457. The van der Waals surface area contributed by atoms with E-state index in [0.717, 1.165) is 27.4 Å². The Bertz CT molecular complexity index is 1440. The summed E-state index contributed by atoms with van der Waals surface area (Å²) in [5.41, 5.74) is -2.56. The fraction of sp³-hybridized carbons (Fsp3) is 0.136. The number of anilines is 1. The molecule has 170 valence electrons. The van der Waals surface area contributed by atoms with Gasteiger partial charge < -0.3 is 5.32 Å². The number of alkyl halides is 3. The maximum absolute atomic E-state index is 13.8. The van der Waals surface area contributed by atoms with E-state index in [-0.39, 0.29) is 22.7 Å². The number of hydrogen-bond acceptors (Lipinski definition) is 3. The molecular weight excluding hydrogens is 447 g/mol. The normalized spacial score (nSPS) is 11.7. The number of carbonyl (C=O) groups excluding carboxylic acids is 1. The lowest BCUT2D eigenvalue weighted by Crippen LogP contribution is -2.30. The molecule has 0 radical (unpaired) electrons. The van der Waals surface area contributed by atoms with Crippen molar-refractivity contribution in [1.82, 2.24) is 14.3 Å². The zero-order valence-corrected chi connectivity index (χ0v) is 17.0. The molecule has 0 unspecified atom stereocenters. The summed E-state index contributed by atoms with van der Waals surface area (Å²) >= 11 is 0. The number of pyridine rings is 1. The number of nitrogens with one attached hydrogen (secondary N) is 1. The van der Waals surface area contributed by atoms with E-state index in [1.165, 1.54) is 37.3 Å². The van der Waals surface area contributed by atoms with Crippen LogP contribution in [0.4, 0.5) is 27.6 Å². The van der Waals surface area contributed by atoms with Crippen LogP contribution in [-0.2, 0) is 17.5 Å². The third-order valence-corrected chi connectivity index (χ3v) is 4.86. The van der Waals surface area contributed by atoms with Gasteiger partial charge in [0.1, 0.15) is 23.8 Å². The Morgan fingerprint density at radius 3 is 2.33 bits per heavy atom. The molecular formula is C22H15F5N4O2. The van der Waals surface area contributed by atoms with Crippen LogP contribution in [0.3, 0.4) is 0 Å². The van der Waals surface area contributed by atoms with Crippen molar-refractivity contribution in [3.8, 4) is 5.69 Å². The summed E-state index contributed by atoms with van der Waals surface area (Å²) in [6, 6.07) is 10.3. The number of amides is 1. The Balaban J connectivity index is 1.91. The third kappa shape index (κ3) is 4.34. The second-order valence-electron chi connectivity index (χ2n) is 7.21. The Morgan fingerprint density at radius 1 is 1.03 bits per heavy atom. The molecule has 1 amide bonds. The van der Waals surface area contributed by atoms with Crippen molar-refractivity contribution in [2.75, 3.05) is 5.32 Å². The molecule has 0 bridgehead atoms. The summed E-state index contributed by atoms with van der Waals surface area (Å²) < 4.78 is 70.1. The fourth-order valence-corrected chi connectivity index (χ4v) is 3.53. The maximum atomic E-state index is 13.8. The first kappa shape index (κ1) is 22.2. The van der Waals surface area contributed by atoms with E-state index in [2.05, 4.69) is 10.4 Å². The van der Waals surface area contributed by atoms with E-state index in [9.17, 15) is 31.5 Å². The van der Waals surface area contributed by atoms with Crippen LogP contribution in [0.25, 0.3) is 16.7 Å². The van der Waals surface area contributed by atoms with Gasteiger partial charge in [0.05, 0.1) is 22.3 Å². The summed E-state index contributed by atoms with van der Waals surface area (Å²) in [5, 5.41) is 6.08. The highest BCUT2D eigenvalue weighted by molar-refractivity contribution is 5.92. The monoisotopic (exact) mass is 462 g/mol. The van der Waals surface area contributed by atoms with Crippen molar-refractivity contribution in [3.05, 3.63) is 87.8 Å². The molecule has 0 saturated carbocycles. The van der Waals surface area contributed by atoms with Gasteiger partial charge in [-0.1, -0.05) is 12.1 Å². The van der Waals surface area contributed by atoms with Crippen molar-refractivity contribution >= 4 is 22.6 Å². The van der Waals surface area contributed by atoms with Crippen LogP contribution in [0.2, 0.25) is 0 Å². The van der Waals surface area contributed by atoms with Gasteiger partial charge in [-0.05, 0) is 43.3 Å². The average Bonchev–Trinajstić information content (AvgIpc) is 3.06. The van der Waals surface area contributed by atoms with Gasteiger partial charge >= 0.3 is 6.18 Å². The van der Waals surface area contributed by atoms with E-state index in [0.29, 0.717) is 6.07 Å². The molecule has 6 nitrogen and oxygen atoms in total. The van der Waals surface area contributed by atoms with Crippen LogP contribution < -0.4 is 10.9 Å². The molecule has 11 heteroatoms. The van der Waals surface area contributed by atoms with Gasteiger partial charge in [0, 0.05) is 11.8 Å². The van der Waals surface area contributed by atoms with E-state index in [4.69, 9.17) is 0 Å². The van der Waals surface area contributed by atoms with E-state index in [1.54, 1.807) is 0 Å². The largest absolute Gasteiger partial charge is 0.417 e. The predicted molar refractivity (Wildman–Crippen MR) is 110 cm³/mol. The van der Waals surface area contributed by atoms with Gasteiger partial charge in [0.15, 0.2) is 0 Å². The van der Waals surface area contributed by atoms with Crippen molar-refractivity contribution in [1.29, 1.82) is 0 Å². The number of aromatic nitrogens is 3. The predicted octanol–water partition coefficient (Wildman–Crippen LogP) is 4.43. The topological polar surface area (TPSA) is 68.9 Å². The Morgan fingerprint density at radius 2 is 1.70 bits per heavy atom. The smallest absolute Gasteiger partial charge is 0.324 e. The minimum atomic E-state index is -4.87. The number of halogens is 5. The number of benzene rings is 2. The molecule has 0 aliphatic rings. The molecule has 2 aromatic heterocycles. The molecule has 0 fully saturated rings. The van der Waals surface area contributed by atoms with Gasteiger partial charge in [0.25, 0.3) is 5.56 Å². The lowest BCUT2D eigenvalue weighted by molar-refractivity contribution is -0.136. The van der Waals surface area contributed by atoms with Gasteiger partial charge in [-0.2, -0.15) is 18.3 Å². The number of aryl methyl sites for hydroxylation is 1. The van der Waals surface area contributed by atoms with Gasteiger partial charge in [-0.3, -0.25) is 14.2 Å². The number of hydrogen-bond donors (Lipinski definition) is 1. The summed E-state index contributed by atoms with van der Waals surface area (Å²) in [6.07, 6.45) is -4.87. The zero-order chi connectivity index (χ0) is 23.9. The summed E-state index contributed by atoms with van der Waals surface area (Å²) in [6.45, 7) is 0.624. The fourth-order valence-electron chi connectivity index (χ4n) is 3.53. The molecule has 33 heavy (non-hydrogen) atoms. The van der Waals surface area contributed by atoms with Crippen molar-refractivity contribution in [3.63, 3.8) is 0 Å². The highest BCUT2D eigenvalue weighted by Crippen LogP contribution is 2.36. The van der Waals surface area contributed by atoms with Crippen molar-refractivity contribution in [2.45, 2.75) is 19.6 Å². The average molecular weight is 462 g/mol. The van der Waals surface area contributed by atoms with E-state index >= 15 is 0 Å². The van der Waals surface area contributed by atoms with E-state index in [1.807, 2.05) is 0 Å². The second-order valence-corrected chi connectivity index (χ2v) is 7.21. The van der Waals surface area contributed by atoms with Crippen molar-refractivity contribution in [2.24, 2.45) is 0 Å². The lowest BCUT2D eigenvalue weighted by Gasteiger charge is -2.15. The van der Waals surface area contributed by atoms with Crippen LogP contribution >= 0.6 is 0 Å². The highest BCUT2D eigenvalue weighted by Gasteiger charge is 2.36. The summed E-state index contributed by atoms with van der Waals surface area (Å²) in [7, 11) is 0. The first-order valence-electron chi connectivity index (χ1n) is 9.56. The number of carbonyl (C=O) groups is 1. The highest BCUT2D eigenvalue weighted by atomic mass is 19.4. The Hall–Kier alpha value is -4.02. The summed E-state index contributed by atoms with van der Waals surface area (Å²) in [4.78, 5) is 25.3. The molecule has 0 saturated heterocycles. The van der Waals surface area contributed by atoms with Crippen LogP contribution in [0.15, 0.2) is 59.4 Å². The van der Waals surface area contributed by atoms with Crippen LogP contribution in [-0.4, -0.2) is 20.3 Å². The molecule has 0 aliphatic heterocycles. The Kier molecular flexibility index (Phi) is 5.48. The van der Waals surface area contributed by atoms with Crippen LogP contribution in [0, 0.1) is 18.6 Å². The van der Waals surface area contributed by atoms with Gasteiger partial charge in [-0.25, -0.2) is 13.5 Å². The molecule has 4 aromatic rings. The summed E-state index contributed by atoms with van der Waals surface area (Å²) in [5.74, 6) is -2.06. The maximum Gasteiger partial charge on any atom is 0.417 e. The second kappa shape index (κ2) is 8.15. The van der Waals surface area contributed by atoms with Crippen LogP contribution in [0.1, 0.15) is 11.3 Å². The number of rotatable bonds is 4. The first-order valence-corrected chi connectivity index (χ1v) is 9.56. The van der Waals surface area contributed by atoms with Gasteiger partial charge in [0.2, 0.25) is 5.91 Å². The molecule has 1 N–H and O–H groups in total. The molecule has 0 atom stereocenters. The number of nitrogens with zero attached hydrogens (tertiary/aromatic N) is 3. The molecule has 0 aliphatic carbocycles. The SMILES string of the molecule is Cc1nn(-c2cccc(F)c2)c2c1c(C(F)(F)F)cc(=O)n2CC(=O)Nc1cccc(F)c1. The molecule has 4 rings (SSSR count). The zero-order valence-electron chi connectivity index (χ0n) is 17.0. The van der Waals surface area contributed by atoms with Crippen LogP contribution in [0.5, 0.6) is 0 Å². The first-order chi connectivity index (χ1) is 15.5.